The van der Waals surface area contributed by atoms with E-state index in [0.717, 1.165) is 38.4 Å². The van der Waals surface area contributed by atoms with Gasteiger partial charge < -0.3 is 0 Å². The van der Waals surface area contributed by atoms with Gasteiger partial charge in [-0.25, -0.2) is 0 Å². The molecule has 0 saturated carbocycles. The fourth-order valence-electron chi connectivity index (χ4n) is 5.08. The minimum atomic E-state index is -0.269. The van der Waals surface area contributed by atoms with Gasteiger partial charge in [-0.05, 0) is 73.8 Å². The Morgan fingerprint density at radius 1 is 0.848 bits per heavy atom. The second-order valence-corrected chi connectivity index (χ2v) is 9.84. The van der Waals surface area contributed by atoms with Gasteiger partial charge in [0.15, 0.2) is 0 Å². The summed E-state index contributed by atoms with van der Waals surface area (Å²) in [6.45, 7) is 7.39. The summed E-state index contributed by atoms with van der Waals surface area (Å²) in [5, 5.41) is 5.12. The minimum absolute atomic E-state index is 0.269. The van der Waals surface area contributed by atoms with E-state index in [2.05, 4.69) is 83.9 Å². The molecule has 0 aromatic heterocycles. The maximum atomic E-state index is 6.23. The molecule has 0 aliphatic carbocycles. The zero-order valence-electron chi connectivity index (χ0n) is 19.2. The molecule has 1 radical (unpaired) electrons. The van der Waals surface area contributed by atoms with Gasteiger partial charge in [0.25, 0.3) is 0 Å². The highest BCUT2D eigenvalue weighted by Crippen LogP contribution is 2.34. The number of piperidine rings is 1. The van der Waals surface area contributed by atoms with Crippen molar-refractivity contribution in [2.45, 2.75) is 37.8 Å². The Balaban J connectivity index is 1.46. The number of benzene rings is 3. The van der Waals surface area contributed by atoms with E-state index < -0.39 is 0 Å². The van der Waals surface area contributed by atoms with Crippen LogP contribution in [0.1, 0.15) is 36.0 Å². The molecule has 1 atom stereocenters. The number of rotatable bonds is 9. The first-order valence-corrected chi connectivity index (χ1v) is 12.7. The molecule has 33 heavy (non-hydrogen) atoms. The summed E-state index contributed by atoms with van der Waals surface area (Å²) >= 11 is 12.3. The SMILES string of the molecule is [CH2]CC(NCCc1ccc(Cl)c(Cl)c1)(c1ccccc1)N1CCC(Cc2ccccc2)CC1. The van der Waals surface area contributed by atoms with Crippen LogP contribution < -0.4 is 5.32 Å². The van der Waals surface area contributed by atoms with Crippen LogP contribution >= 0.6 is 23.2 Å². The molecular formula is C29H33Cl2N2. The molecule has 1 fully saturated rings. The first-order valence-electron chi connectivity index (χ1n) is 11.9. The highest BCUT2D eigenvalue weighted by molar-refractivity contribution is 6.42. The summed E-state index contributed by atoms with van der Waals surface area (Å²) in [4.78, 5) is 2.62. The maximum absolute atomic E-state index is 6.23. The first-order chi connectivity index (χ1) is 16.1. The van der Waals surface area contributed by atoms with E-state index in [1.807, 2.05) is 12.1 Å². The lowest BCUT2D eigenvalue weighted by Gasteiger charge is -2.48. The zero-order valence-corrected chi connectivity index (χ0v) is 20.7. The van der Waals surface area contributed by atoms with Crippen molar-refractivity contribution in [3.05, 3.63) is 113 Å². The topological polar surface area (TPSA) is 15.3 Å². The van der Waals surface area contributed by atoms with Crippen molar-refractivity contribution < 1.29 is 0 Å². The molecule has 3 aromatic carbocycles. The molecule has 0 spiro atoms. The van der Waals surface area contributed by atoms with Gasteiger partial charge >= 0.3 is 0 Å². The third kappa shape index (κ3) is 6.00. The fourth-order valence-corrected chi connectivity index (χ4v) is 5.40. The fraction of sp³-hybridized carbons (Fsp3) is 0.345. The number of halogens is 2. The number of hydrogen-bond donors (Lipinski definition) is 1. The lowest BCUT2D eigenvalue weighted by molar-refractivity contribution is 0.0205. The van der Waals surface area contributed by atoms with Crippen LogP contribution in [0.2, 0.25) is 10.0 Å². The molecule has 3 aromatic rings. The first kappa shape index (κ1) is 24.3. The van der Waals surface area contributed by atoms with Crippen molar-refractivity contribution in [3.8, 4) is 0 Å². The smallest absolute Gasteiger partial charge is 0.0975 e. The van der Waals surface area contributed by atoms with E-state index in [9.17, 15) is 0 Å². The van der Waals surface area contributed by atoms with Crippen LogP contribution in [0.15, 0.2) is 78.9 Å². The van der Waals surface area contributed by atoms with Gasteiger partial charge in [-0.3, -0.25) is 10.2 Å². The molecule has 4 heteroatoms. The van der Waals surface area contributed by atoms with Crippen LogP contribution in [-0.2, 0) is 18.5 Å². The van der Waals surface area contributed by atoms with E-state index in [-0.39, 0.29) is 5.66 Å². The van der Waals surface area contributed by atoms with Gasteiger partial charge in [0, 0.05) is 19.6 Å². The summed E-state index contributed by atoms with van der Waals surface area (Å²) in [5.74, 6) is 0.734. The number of hydrogen-bond acceptors (Lipinski definition) is 2. The van der Waals surface area contributed by atoms with Gasteiger partial charge in [-0.15, -0.1) is 0 Å². The second-order valence-electron chi connectivity index (χ2n) is 9.02. The summed E-state index contributed by atoms with van der Waals surface area (Å²) < 4.78 is 0. The summed E-state index contributed by atoms with van der Waals surface area (Å²) in [5.41, 5.74) is 3.65. The molecular weight excluding hydrogens is 447 g/mol. The molecule has 1 aliphatic heterocycles. The lowest BCUT2D eigenvalue weighted by atomic mass is 9.86. The van der Waals surface area contributed by atoms with Crippen molar-refractivity contribution in [2.75, 3.05) is 19.6 Å². The van der Waals surface area contributed by atoms with Gasteiger partial charge in [-0.1, -0.05) is 89.9 Å². The van der Waals surface area contributed by atoms with Crippen LogP contribution in [0, 0.1) is 12.8 Å². The molecule has 173 valence electrons. The van der Waals surface area contributed by atoms with Crippen LogP contribution in [0.25, 0.3) is 0 Å². The second kappa shape index (κ2) is 11.5. The number of likely N-dealkylation sites (tertiary alicyclic amines) is 1. The zero-order chi connectivity index (χ0) is 23.1. The van der Waals surface area contributed by atoms with Crippen molar-refractivity contribution in [1.82, 2.24) is 10.2 Å². The normalized spacial score (nSPS) is 17.1. The monoisotopic (exact) mass is 479 g/mol. The standard InChI is InChI=1S/C29H33Cl2N2/c1-2-29(26-11-7-4-8-12-26,32-18-15-24-13-14-27(30)28(31)22-24)33-19-16-25(17-20-33)21-23-9-5-3-6-10-23/h3-14,22,25,32H,1-2,15-21H2. The molecule has 2 nitrogen and oxygen atoms in total. The third-order valence-corrected chi connectivity index (χ3v) is 7.69. The molecule has 0 bridgehead atoms. The van der Waals surface area contributed by atoms with Crippen LogP contribution in [0.4, 0.5) is 0 Å². The quantitative estimate of drug-likeness (QED) is 0.350. The Hall–Kier alpha value is -1.84. The van der Waals surface area contributed by atoms with Gasteiger partial charge in [0.1, 0.15) is 0 Å². The Kier molecular flexibility index (Phi) is 8.49. The van der Waals surface area contributed by atoms with Crippen LogP contribution in [0.5, 0.6) is 0 Å². The lowest BCUT2D eigenvalue weighted by Crippen LogP contribution is -2.58. The molecule has 1 N–H and O–H groups in total. The van der Waals surface area contributed by atoms with E-state index in [4.69, 9.17) is 23.2 Å². The largest absolute Gasteiger partial charge is 0.295 e. The molecule has 1 heterocycles. The molecule has 1 saturated heterocycles. The van der Waals surface area contributed by atoms with Gasteiger partial charge in [0.05, 0.1) is 15.7 Å². The van der Waals surface area contributed by atoms with Gasteiger partial charge in [0.2, 0.25) is 0 Å². The Morgan fingerprint density at radius 2 is 1.52 bits per heavy atom. The average Bonchev–Trinajstić information content (AvgIpc) is 2.86. The molecule has 4 rings (SSSR count). The van der Waals surface area contributed by atoms with E-state index in [1.165, 1.54) is 36.0 Å². The summed E-state index contributed by atoms with van der Waals surface area (Å²) in [6, 6.07) is 27.6. The Bertz CT molecular complexity index is 1000. The summed E-state index contributed by atoms with van der Waals surface area (Å²) in [7, 11) is 0. The molecule has 1 unspecified atom stereocenters. The minimum Gasteiger partial charge on any atom is -0.295 e. The molecule has 0 amide bonds. The van der Waals surface area contributed by atoms with E-state index in [0.29, 0.717) is 10.0 Å². The van der Waals surface area contributed by atoms with E-state index >= 15 is 0 Å². The van der Waals surface area contributed by atoms with Crippen LogP contribution in [0.3, 0.4) is 0 Å². The predicted octanol–water partition coefficient (Wildman–Crippen LogP) is 7.16. The van der Waals surface area contributed by atoms with E-state index in [1.54, 1.807) is 0 Å². The van der Waals surface area contributed by atoms with Crippen molar-refractivity contribution in [2.24, 2.45) is 5.92 Å². The third-order valence-electron chi connectivity index (χ3n) is 6.95. The highest BCUT2D eigenvalue weighted by atomic mass is 35.5. The van der Waals surface area contributed by atoms with Gasteiger partial charge in [-0.2, -0.15) is 0 Å². The van der Waals surface area contributed by atoms with Crippen LogP contribution in [-0.4, -0.2) is 24.5 Å². The average molecular weight is 481 g/mol. The Labute approximate surface area is 208 Å². The van der Waals surface area contributed by atoms with Crippen molar-refractivity contribution in [1.29, 1.82) is 0 Å². The molecule has 1 aliphatic rings. The van der Waals surface area contributed by atoms with Crippen molar-refractivity contribution >= 4 is 23.2 Å². The van der Waals surface area contributed by atoms with Crippen molar-refractivity contribution in [3.63, 3.8) is 0 Å². The predicted molar refractivity (Wildman–Crippen MR) is 141 cm³/mol. The number of nitrogens with one attached hydrogen (secondary N) is 1. The maximum Gasteiger partial charge on any atom is 0.0975 e. The Morgan fingerprint density at radius 3 is 2.15 bits per heavy atom. The summed E-state index contributed by atoms with van der Waals surface area (Å²) in [6.07, 6.45) is 5.23. The highest BCUT2D eigenvalue weighted by Gasteiger charge is 2.38. The number of nitrogens with zero attached hydrogens (tertiary/aromatic N) is 1.